The minimum absolute atomic E-state index is 0.00799. The summed E-state index contributed by atoms with van der Waals surface area (Å²) < 4.78 is 35.2. The Labute approximate surface area is 276 Å². The highest BCUT2D eigenvalue weighted by Gasteiger charge is 2.45. The number of phosphoric ester groups is 1. The molecule has 254 valence electrons. The monoisotopic (exact) mass is 703 g/mol. The Bertz CT molecular complexity index is 1590. The number of rotatable bonds is 16. The van der Waals surface area contributed by atoms with Gasteiger partial charge in [0.05, 0.1) is 29.5 Å². The fourth-order valence-corrected chi connectivity index (χ4v) is 5.87. The summed E-state index contributed by atoms with van der Waals surface area (Å²) in [5.41, 5.74) is 0.703. The van der Waals surface area contributed by atoms with Gasteiger partial charge in [0.2, 0.25) is 0 Å². The molecule has 0 aliphatic carbocycles. The van der Waals surface area contributed by atoms with E-state index < -0.39 is 58.0 Å². The van der Waals surface area contributed by atoms with Crippen LogP contribution in [-0.2, 0) is 24.7 Å². The summed E-state index contributed by atoms with van der Waals surface area (Å²) in [7, 11) is -8.71. The van der Waals surface area contributed by atoms with E-state index in [9.17, 15) is 29.3 Å². The Morgan fingerprint density at radius 1 is 0.957 bits per heavy atom. The predicted molar refractivity (Wildman–Crippen MR) is 185 cm³/mol. The van der Waals surface area contributed by atoms with Crippen molar-refractivity contribution in [1.29, 1.82) is 0 Å². The van der Waals surface area contributed by atoms with E-state index in [2.05, 4.69) is 49.6 Å². The van der Waals surface area contributed by atoms with Gasteiger partial charge in [-0.2, -0.15) is 0 Å². The quantitative estimate of drug-likeness (QED) is 0.0437. The minimum Gasteiger partial charge on any atom is -0.404 e. The molecule has 0 aliphatic heterocycles. The summed E-state index contributed by atoms with van der Waals surface area (Å²) in [5, 5.41) is 14.5. The summed E-state index contributed by atoms with van der Waals surface area (Å²) in [6, 6.07) is 16.8. The van der Waals surface area contributed by atoms with E-state index in [1.165, 1.54) is 0 Å². The lowest BCUT2D eigenvalue weighted by atomic mass is 10.1. The van der Waals surface area contributed by atoms with Gasteiger partial charge in [-0.25, -0.2) is 9.36 Å². The predicted octanol–water partition coefficient (Wildman–Crippen LogP) is 7.70. The average Bonchev–Trinajstić information content (AvgIpc) is 2.95. The van der Waals surface area contributed by atoms with Gasteiger partial charge in [-0.05, 0) is 41.9 Å². The van der Waals surface area contributed by atoms with Crippen molar-refractivity contribution in [3.8, 4) is 5.75 Å². The molecule has 3 rings (SSSR count). The number of benzene rings is 2. The van der Waals surface area contributed by atoms with Crippen molar-refractivity contribution in [3.63, 3.8) is 0 Å². The van der Waals surface area contributed by atoms with Gasteiger partial charge < -0.3 is 18.7 Å². The maximum atomic E-state index is 13.7. The lowest BCUT2D eigenvalue weighted by Crippen LogP contribution is -2.42. The van der Waals surface area contributed by atoms with E-state index >= 15 is 0 Å². The van der Waals surface area contributed by atoms with E-state index in [4.69, 9.17) is 18.7 Å². The number of carbonyl (C=O) groups is 1. The maximum Gasteiger partial charge on any atom is 0.524 e. The lowest BCUT2D eigenvalue weighted by molar-refractivity contribution is -0.386. The third-order valence-corrected chi connectivity index (χ3v) is 10.4. The van der Waals surface area contributed by atoms with Gasteiger partial charge in [-0.15, -0.1) is 0 Å². The average molecular weight is 704 g/mol. The number of nitro groups is 1. The number of carbonyl (C=O) groups excluding carboxylic acids is 1. The van der Waals surface area contributed by atoms with Crippen LogP contribution in [0.4, 0.5) is 16.2 Å². The first-order valence-electron chi connectivity index (χ1n) is 14.9. The number of hydrogen-bond donors (Lipinski definition) is 3. The number of anilines is 1. The molecule has 0 atom stereocenters. The van der Waals surface area contributed by atoms with Gasteiger partial charge in [0.1, 0.15) is 11.3 Å². The van der Waals surface area contributed by atoms with Crippen molar-refractivity contribution in [2.75, 3.05) is 18.5 Å². The Kier molecular flexibility index (Phi) is 12.8. The summed E-state index contributed by atoms with van der Waals surface area (Å²) in [5.74, 6) is -3.02. The number of nitro benzene ring substituents is 1. The molecular weight excluding hydrogens is 661 g/mol. The van der Waals surface area contributed by atoms with Crippen LogP contribution in [0.2, 0.25) is 51.4 Å². The van der Waals surface area contributed by atoms with E-state index in [0.29, 0.717) is 17.8 Å². The van der Waals surface area contributed by atoms with Crippen LogP contribution in [0.1, 0.15) is 16.8 Å². The molecule has 0 radical (unpaired) electrons. The number of aromatic nitrogens is 1. The van der Waals surface area contributed by atoms with Crippen LogP contribution < -0.4 is 9.84 Å². The van der Waals surface area contributed by atoms with Crippen LogP contribution in [0.25, 0.3) is 12.2 Å². The van der Waals surface area contributed by atoms with Crippen LogP contribution in [0.5, 0.6) is 5.75 Å². The second-order valence-electron chi connectivity index (χ2n) is 13.1. The highest BCUT2D eigenvalue weighted by atomic mass is 31.2. The molecular formula is C31H42N3O10PSi2. The van der Waals surface area contributed by atoms with E-state index in [-0.39, 0.29) is 18.9 Å². The molecule has 16 heteroatoms. The zero-order chi connectivity index (χ0) is 34.9. The zero-order valence-electron chi connectivity index (χ0n) is 27.3. The first kappa shape index (κ1) is 37.8. The number of non-ortho nitro benzene ring substituents is 1. The smallest absolute Gasteiger partial charge is 0.404 e. The third-order valence-electron chi connectivity index (χ3n) is 6.54. The Morgan fingerprint density at radius 3 is 2.13 bits per heavy atom. The molecule has 2 aromatic carbocycles. The van der Waals surface area contributed by atoms with E-state index in [1.807, 2.05) is 36.4 Å². The summed E-state index contributed by atoms with van der Waals surface area (Å²) in [4.78, 5) is 48.6. The van der Waals surface area contributed by atoms with Crippen molar-refractivity contribution in [1.82, 2.24) is 4.98 Å². The fourth-order valence-electron chi connectivity index (χ4n) is 4.03. The van der Waals surface area contributed by atoms with Crippen LogP contribution >= 0.6 is 7.82 Å². The summed E-state index contributed by atoms with van der Waals surface area (Å²) in [6.45, 7) is 12.6. The van der Waals surface area contributed by atoms with Crippen LogP contribution in [0, 0.1) is 10.1 Å². The highest BCUT2D eigenvalue weighted by molar-refractivity contribution is 7.46. The second-order valence-corrected chi connectivity index (χ2v) is 25.5. The van der Waals surface area contributed by atoms with Crippen molar-refractivity contribution in [2.45, 2.75) is 57.3 Å². The maximum absolute atomic E-state index is 13.7. The molecule has 0 spiro atoms. The molecule has 0 bridgehead atoms. The molecule has 0 saturated heterocycles. The fraction of sp³-hybridized carbons (Fsp3) is 0.355. The molecule has 1 heterocycles. The number of phosphoric acid groups is 1. The normalized spacial score (nSPS) is 12.6. The summed E-state index contributed by atoms with van der Waals surface area (Å²) >= 11 is 0. The van der Waals surface area contributed by atoms with Crippen LogP contribution in [0.15, 0.2) is 66.9 Å². The van der Waals surface area contributed by atoms with E-state index in [1.54, 1.807) is 24.4 Å². The molecule has 47 heavy (non-hydrogen) atoms. The minimum atomic E-state index is -5.20. The molecule has 0 saturated carbocycles. The number of ether oxygens (including phenoxy) is 3. The zero-order valence-corrected chi connectivity index (χ0v) is 30.2. The SMILES string of the molecule is C[Si](C)(C)CCOC(OCC[Si](C)(C)C)(OC(=O)Nc1cccnc1C=Cc1ccccc1)c1cc([N+](=O)[O-])ccc1OP(=O)(O)O. The topological polar surface area (TPSA) is 180 Å². The number of nitrogens with zero attached hydrogens (tertiary/aromatic N) is 2. The third kappa shape index (κ3) is 12.8. The van der Waals surface area contributed by atoms with Gasteiger partial charge in [-0.3, -0.25) is 30.2 Å². The largest absolute Gasteiger partial charge is 0.524 e. The molecule has 3 N–H and O–H groups in total. The number of hydrogen-bond acceptors (Lipinski definition) is 9. The molecule has 0 unspecified atom stereocenters. The van der Waals surface area contributed by atoms with Crippen molar-refractivity contribution >= 4 is 53.6 Å². The first-order chi connectivity index (χ1) is 21.9. The van der Waals surface area contributed by atoms with E-state index in [0.717, 1.165) is 23.8 Å². The van der Waals surface area contributed by atoms with Crippen LogP contribution in [-0.4, -0.2) is 55.1 Å². The van der Waals surface area contributed by atoms with Gasteiger partial charge in [0.15, 0.2) is 0 Å². The van der Waals surface area contributed by atoms with Crippen molar-refractivity contribution in [3.05, 3.63) is 93.8 Å². The number of pyridine rings is 1. The lowest BCUT2D eigenvalue weighted by Gasteiger charge is -2.35. The second kappa shape index (κ2) is 15.9. The standard InChI is InChI=1S/C31H42N3O10PSi2/c1-46(2,3)21-19-41-31(42-20-22-47(4,5)6,26-23-25(34(36)37)15-17-29(26)44-45(38,39)40)43-30(35)33-28-13-10-18-32-27(28)16-14-24-11-8-7-9-12-24/h7-18,23H,19-22H2,1-6H3,(H,33,35)(H2,38,39,40). The molecule has 3 aromatic rings. The number of amides is 1. The Hall–Kier alpha value is -3.70. The number of nitrogens with one attached hydrogen (secondary N) is 1. The molecule has 0 aliphatic rings. The molecule has 1 amide bonds. The van der Waals surface area contributed by atoms with Gasteiger partial charge in [0, 0.05) is 34.5 Å². The molecule has 0 fully saturated rings. The van der Waals surface area contributed by atoms with Gasteiger partial charge >= 0.3 is 19.9 Å². The Morgan fingerprint density at radius 2 is 1.57 bits per heavy atom. The molecule has 1 aromatic heterocycles. The van der Waals surface area contributed by atoms with Gasteiger partial charge in [0.25, 0.3) is 5.69 Å². The summed E-state index contributed by atoms with van der Waals surface area (Å²) in [6.07, 6.45) is 4.00. The van der Waals surface area contributed by atoms with Crippen LogP contribution in [0.3, 0.4) is 0 Å². The van der Waals surface area contributed by atoms with Crippen molar-refractivity contribution < 1.29 is 42.8 Å². The van der Waals surface area contributed by atoms with Crippen molar-refractivity contribution in [2.24, 2.45) is 0 Å². The molecule has 13 nitrogen and oxygen atoms in total. The first-order valence-corrected chi connectivity index (χ1v) is 23.8. The van der Waals surface area contributed by atoms with Gasteiger partial charge in [-0.1, -0.05) is 75.7 Å². The highest BCUT2D eigenvalue weighted by Crippen LogP contribution is 2.45. The Balaban J connectivity index is 2.12.